The van der Waals surface area contributed by atoms with Gasteiger partial charge in [-0.2, -0.15) is 0 Å². The van der Waals surface area contributed by atoms with Crippen molar-refractivity contribution in [2.24, 2.45) is 0 Å². The van der Waals surface area contributed by atoms with Crippen LogP contribution in [0.25, 0.3) is 10.9 Å². The van der Waals surface area contributed by atoms with Gasteiger partial charge < -0.3 is 10.1 Å². The summed E-state index contributed by atoms with van der Waals surface area (Å²) >= 11 is 0. The number of anilines is 1. The van der Waals surface area contributed by atoms with E-state index >= 15 is 0 Å². The molecule has 1 aliphatic heterocycles. The van der Waals surface area contributed by atoms with Gasteiger partial charge in [0.2, 0.25) is 0 Å². The van der Waals surface area contributed by atoms with E-state index in [0.29, 0.717) is 19.1 Å². The van der Waals surface area contributed by atoms with E-state index in [1.807, 2.05) is 24.3 Å². The first-order valence-electron chi connectivity index (χ1n) is 8.04. The molecule has 1 fully saturated rings. The fourth-order valence-corrected chi connectivity index (χ4v) is 2.81. The SMILES string of the molecule is CCCCC(=O)c1cc(NC2CCOC2)c2ncccc2c1. The number of aromatic nitrogens is 1. The Hall–Kier alpha value is -1.94. The summed E-state index contributed by atoms with van der Waals surface area (Å²) in [5.41, 5.74) is 2.63. The van der Waals surface area contributed by atoms with Crippen molar-refractivity contribution in [3.05, 3.63) is 36.0 Å². The lowest BCUT2D eigenvalue weighted by Gasteiger charge is -2.15. The lowest BCUT2D eigenvalue weighted by atomic mass is 10.0. The molecule has 1 aliphatic rings. The lowest BCUT2D eigenvalue weighted by molar-refractivity contribution is 0.0980. The largest absolute Gasteiger partial charge is 0.379 e. The number of nitrogens with zero attached hydrogens (tertiary/aromatic N) is 1. The number of carbonyl (C=O) groups excluding carboxylic acids is 1. The molecule has 0 aliphatic carbocycles. The van der Waals surface area contributed by atoms with Gasteiger partial charge in [0.15, 0.2) is 5.78 Å². The van der Waals surface area contributed by atoms with Gasteiger partial charge in [0.1, 0.15) is 0 Å². The smallest absolute Gasteiger partial charge is 0.162 e. The standard InChI is InChI=1S/C18H22N2O2/c1-2-3-6-17(21)14-10-13-5-4-8-19-18(13)16(11-14)20-15-7-9-22-12-15/h4-5,8,10-11,15,20H,2-3,6-7,9,12H2,1H3. The number of pyridine rings is 1. The molecule has 1 atom stereocenters. The van der Waals surface area contributed by atoms with Crippen LogP contribution in [0.1, 0.15) is 43.0 Å². The molecule has 1 N–H and O–H groups in total. The minimum atomic E-state index is 0.207. The number of ether oxygens (including phenoxy) is 1. The number of fused-ring (bicyclic) bond motifs is 1. The number of rotatable bonds is 6. The monoisotopic (exact) mass is 298 g/mol. The summed E-state index contributed by atoms with van der Waals surface area (Å²) in [7, 11) is 0. The van der Waals surface area contributed by atoms with E-state index < -0.39 is 0 Å². The van der Waals surface area contributed by atoms with Crippen LogP contribution in [0.15, 0.2) is 30.5 Å². The summed E-state index contributed by atoms with van der Waals surface area (Å²) in [6.45, 7) is 3.60. The van der Waals surface area contributed by atoms with Crippen LogP contribution in [0.4, 0.5) is 5.69 Å². The zero-order valence-electron chi connectivity index (χ0n) is 13.0. The summed E-state index contributed by atoms with van der Waals surface area (Å²) in [5, 5.41) is 4.50. The molecule has 2 aromatic rings. The number of carbonyl (C=O) groups is 1. The number of hydrogen-bond donors (Lipinski definition) is 1. The lowest BCUT2D eigenvalue weighted by Crippen LogP contribution is -2.19. The summed E-state index contributed by atoms with van der Waals surface area (Å²) < 4.78 is 5.42. The van der Waals surface area contributed by atoms with Crippen LogP contribution in [-0.4, -0.2) is 30.0 Å². The molecule has 1 unspecified atom stereocenters. The number of Topliss-reactive ketones (excluding diaryl/α,β-unsaturated/α-hetero) is 1. The fraction of sp³-hybridized carbons (Fsp3) is 0.444. The van der Waals surface area contributed by atoms with Gasteiger partial charge in [-0.15, -0.1) is 0 Å². The van der Waals surface area contributed by atoms with E-state index in [-0.39, 0.29) is 5.78 Å². The van der Waals surface area contributed by atoms with Crippen molar-refractivity contribution in [2.45, 2.75) is 38.6 Å². The van der Waals surface area contributed by atoms with E-state index in [1.54, 1.807) is 6.20 Å². The van der Waals surface area contributed by atoms with Crippen LogP contribution in [0.3, 0.4) is 0 Å². The summed E-state index contributed by atoms with van der Waals surface area (Å²) in [4.78, 5) is 16.8. The van der Waals surface area contributed by atoms with Crippen LogP contribution >= 0.6 is 0 Å². The Balaban J connectivity index is 1.94. The highest BCUT2D eigenvalue weighted by Gasteiger charge is 2.18. The van der Waals surface area contributed by atoms with Crippen LogP contribution in [-0.2, 0) is 4.74 Å². The normalized spacial score (nSPS) is 17.8. The van der Waals surface area contributed by atoms with Crippen molar-refractivity contribution >= 4 is 22.4 Å². The highest BCUT2D eigenvalue weighted by Crippen LogP contribution is 2.26. The minimum Gasteiger partial charge on any atom is -0.379 e. The van der Waals surface area contributed by atoms with Crippen molar-refractivity contribution in [1.82, 2.24) is 4.98 Å². The van der Waals surface area contributed by atoms with E-state index in [9.17, 15) is 4.79 Å². The molecule has 1 aromatic heterocycles. The molecule has 2 heterocycles. The Morgan fingerprint density at radius 2 is 2.36 bits per heavy atom. The number of unbranched alkanes of at least 4 members (excludes halogenated alkanes) is 1. The number of hydrogen-bond acceptors (Lipinski definition) is 4. The zero-order valence-corrected chi connectivity index (χ0v) is 13.0. The molecular formula is C18H22N2O2. The Morgan fingerprint density at radius 3 is 3.14 bits per heavy atom. The van der Waals surface area contributed by atoms with Gasteiger partial charge in [-0.05, 0) is 31.0 Å². The quantitative estimate of drug-likeness (QED) is 0.824. The Bertz CT molecular complexity index is 663. The van der Waals surface area contributed by atoms with Gasteiger partial charge >= 0.3 is 0 Å². The second kappa shape index (κ2) is 6.88. The topological polar surface area (TPSA) is 51.2 Å². The molecule has 0 spiro atoms. The molecule has 0 amide bonds. The Kier molecular flexibility index (Phi) is 4.68. The third-order valence-electron chi connectivity index (χ3n) is 4.07. The first-order chi connectivity index (χ1) is 10.8. The predicted molar refractivity (Wildman–Crippen MR) is 88.4 cm³/mol. The second-order valence-corrected chi connectivity index (χ2v) is 5.83. The van der Waals surface area contributed by atoms with Gasteiger partial charge in [-0.25, -0.2) is 0 Å². The fourth-order valence-electron chi connectivity index (χ4n) is 2.81. The van der Waals surface area contributed by atoms with Gasteiger partial charge in [0, 0.05) is 30.2 Å². The molecule has 0 saturated carbocycles. The van der Waals surface area contributed by atoms with Crippen molar-refractivity contribution in [3.8, 4) is 0 Å². The molecular weight excluding hydrogens is 276 g/mol. The number of ketones is 1. The first kappa shape index (κ1) is 15.0. The van der Waals surface area contributed by atoms with E-state index in [0.717, 1.165) is 48.0 Å². The highest BCUT2D eigenvalue weighted by molar-refractivity contribution is 6.03. The predicted octanol–water partition coefficient (Wildman–Crippen LogP) is 3.81. The van der Waals surface area contributed by atoms with E-state index in [4.69, 9.17) is 4.74 Å². The van der Waals surface area contributed by atoms with Crippen LogP contribution in [0.5, 0.6) is 0 Å². The highest BCUT2D eigenvalue weighted by atomic mass is 16.5. The zero-order chi connectivity index (χ0) is 15.4. The second-order valence-electron chi connectivity index (χ2n) is 5.83. The van der Waals surface area contributed by atoms with Crippen LogP contribution in [0, 0.1) is 0 Å². The average molecular weight is 298 g/mol. The number of benzene rings is 1. The maximum atomic E-state index is 12.4. The third-order valence-corrected chi connectivity index (χ3v) is 4.07. The van der Waals surface area contributed by atoms with E-state index in [2.05, 4.69) is 17.2 Å². The van der Waals surface area contributed by atoms with E-state index in [1.165, 1.54) is 0 Å². The number of nitrogens with one attached hydrogen (secondary N) is 1. The van der Waals surface area contributed by atoms with Gasteiger partial charge in [0.05, 0.1) is 23.9 Å². The maximum absolute atomic E-state index is 12.4. The van der Waals surface area contributed by atoms with Crippen molar-refractivity contribution in [3.63, 3.8) is 0 Å². The molecule has 4 nitrogen and oxygen atoms in total. The molecule has 0 bridgehead atoms. The minimum absolute atomic E-state index is 0.207. The first-order valence-corrected chi connectivity index (χ1v) is 8.04. The van der Waals surface area contributed by atoms with Crippen molar-refractivity contribution in [1.29, 1.82) is 0 Å². The third kappa shape index (κ3) is 3.28. The Labute approximate surface area is 130 Å². The summed E-state index contributed by atoms with van der Waals surface area (Å²) in [6.07, 6.45) is 5.35. The molecule has 116 valence electrons. The van der Waals surface area contributed by atoms with Gasteiger partial charge in [0.25, 0.3) is 0 Å². The average Bonchev–Trinajstić information content (AvgIpc) is 3.05. The van der Waals surface area contributed by atoms with Gasteiger partial charge in [-0.3, -0.25) is 9.78 Å². The van der Waals surface area contributed by atoms with Crippen LogP contribution < -0.4 is 5.32 Å². The molecule has 0 radical (unpaired) electrons. The molecule has 1 aromatic carbocycles. The van der Waals surface area contributed by atoms with Crippen molar-refractivity contribution < 1.29 is 9.53 Å². The Morgan fingerprint density at radius 1 is 1.45 bits per heavy atom. The van der Waals surface area contributed by atoms with Crippen LogP contribution in [0.2, 0.25) is 0 Å². The molecule has 1 saturated heterocycles. The summed E-state index contributed by atoms with van der Waals surface area (Å²) in [6, 6.07) is 8.12. The molecule has 22 heavy (non-hydrogen) atoms. The van der Waals surface area contributed by atoms with Crippen molar-refractivity contribution in [2.75, 3.05) is 18.5 Å². The van der Waals surface area contributed by atoms with Gasteiger partial charge in [-0.1, -0.05) is 19.4 Å². The maximum Gasteiger partial charge on any atom is 0.162 e. The summed E-state index contributed by atoms with van der Waals surface area (Å²) in [5.74, 6) is 0.207. The molecule has 3 rings (SSSR count). The molecule has 4 heteroatoms.